The molecule has 0 aliphatic rings. The molecule has 0 aliphatic carbocycles. The smallest absolute Gasteiger partial charge is 0.212 e. The van der Waals surface area contributed by atoms with E-state index in [-0.39, 0.29) is 24.0 Å². The monoisotopic (exact) mass is 279 g/mol. The van der Waals surface area contributed by atoms with Crippen molar-refractivity contribution in [1.82, 2.24) is 4.31 Å². The van der Waals surface area contributed by atoms with Crippen molar-refractivity contribution in [3.8, 4) is 0 Å². The van der Waals surface area contributed by atoms with E-state index >= 15 is 0 Å². The van der Waals surface area contributed by atoms with Crippen molar-refractivity contribution < 1.29 is 12.8 Å². The highest BCUT2D eigenvalue weighted by atomic mass is 35.5. The number of alkyl halides is 1. The minimum absolute atomic E-state index is 0.0575. The second kappa shape index (κ2) is 6.33. The van der Waals surface area contributed by atoms with Crippen LogP contribution in [0.2, 0.25) is 0 Å². The van der Waals surface area contributed by atoms with Gasteiger partial charge in [-0.25, -0.2) is 12.8 Å². The van der Waals surface area contributed by atoms with Crippen LogP contribution < -0.4 is 0 Å². The molecular formula is C11H15ClFNO2S. The number of nitrogens with zero attached hydrogens (tertiary/aromatic N) is 1. The van der Waals surface area contributed by atoms with Gasteiger partial charge in [0.1, 0.15) is 5.82 Å². The van der Waals surface area contributed by atoms with Crippen LogP contribution in [0.5, 0.6) is 0 Å². The molecule has 0 unspecified atom stereocenters. The quantitative estimate of drug-likeness (QED) is 0.749. The molecule has 1 aromatic rings. The molecule has 0 atom stereocenters. The third-order valence-electron chi connectivity index (χ3n) is 2.33. The summed E-state index contributed by atoms with van der Waals surface area (Å²) in [5, 5.41) is 0. The maximum Gasteiger partial charge on any atom is 0.215 e. The van der Waals surface area contributed by atoms with E-state index in [1.807, 2.05) is 0 Å². The third-order valence-corrected chi connectivity index (χ3v) is 4.64. The number of hydrogen-bond donors (Lipinski definition) is 0. The van der Waals surface area contributed by atoms with Crippen molar-refractivity contribution >= 4 is 21.6 Å². The van der Waals surface area contributed by atoms with Crippen molar-refractivity contribution in [2.24, 2.45) is 0 Å². The van der Waals surface area contributed by atoms with Crippen LogP contribution in [-0.4, -0.2) is 30.9 Å². The van der Waals surface area contributed by atoms with E-state index in [0.29, 0.717) is 12.1 Å². The fourth-order valence-corrected chi connectivity index (χ4v) is 3.25. The standard InChI is InChI=1S/C11H15ClFNO2S/c1-2-14(17(15,16)7-6-12)9-10-4-3-5-11(13)8-10/h3-5,8H,2,6-7,9H2,1H3. The van der Waals surface area contributed by atoms with Gasteiger partial charge in [0.05, 0.1) is 5.75 Å². The van der Waals surface area contributed by atoms with E-state index < -0.39 is 10.0 Å². The summed E-state index contributed by atoms with van der Waals surface area (Å²) in [5.74, 6) is -0.409. The molecule has 0 radical (unpaired) electrons. The van der Waals surface area contributed by atoms with Crippen molar-refractivity contribution in [1.29, 1.82) is 0 Å². The highest BCUT2D eigenvalue weighted by Crippen LogP contribution is 2.11. The Bertz CT molecular complexity index is 464. The van der Waals surface area contributed by atoms with Gasteiger partial charge < -0.3 is 0 Å². The Morgan fingerprint density at radius 3 is 2.65 bits per heavy atom. The van der Waals surface area contributed by atoms with Crippen molar-refractivity contribution in [2.45, 2.75) is 13.5 Å². The first-order valence-corrected chi connectivity index (χ1v) is 7.42. The summed E-state index contributed by atoms with van der Waals surface area (Å²) in [7, 11) is -3.35. The molecule has 0 saturated heterocycles. The maximum atomic E-state index is 13.0. The molecule has 0 spiro atoms. The van der Waals surface area contributed by atoms with Crippen LogP contribution in [0.25, 0.3) is 0 Å². The second-order valence-corrected chi connectivity index (χ2v) is 6.03. The predicted molar refractivity (Wildman–Crippen MR) is 67.0 cm³/mol. The number of sulfonamides is 1. The summed E-state index contributed by atoms with van der Waals surface area (Å²) in [6.45, 7) is 2.26. The molecule has 0 aromatic heterocycles. The van der Waals surface area contributed by atoms with Crippen molar-refractivity contribution in [3.63, 3.8) is 0 Å². The lowest BCUT2D eigenvalue weighted by Crippen LogP contribution is -2.32. The first-order valence-electron chi connectivity index (χ1n) is 5.28. The Kier molecular flexibility index (Phi) is 5.36. The third kappa shape index (κ3) is 4.26. The minimum Gasteiger partial charge on any atom is -0.212 e. The molecule has 0 fully saturated rings. The fourth-order valence-electron chi connectivity index (χ4n) is 1.47. The van der Waals surface area contributed by atoms with E-state index in [2.05, 4.69) is 0 Å². The van der Waals surface area contributed by atoms with Crippen LogP contribution in [0.15, 0.2) is 24.3 Å². The van der Waals surface area contributed by atoms with E-state index in [1.165, 1.54) is 16.4 Å². The zero-order chi connectivity index (χ0) is 12.9. The molecule has 17 heavy (non-hydrogen) atoms. The highest BCUT2D eigenvalue weighted by molar-refractivity contribution is 7.89. The van der Waals surface area contributed by atoms with Gasteiger partial charge in [-0.3, -0.25) is 0 Å². The topological polar surface area (TPSA) is 37.4 Å². The Morgan fingerprint density at radius 2 is 2.12 bits per heavy atom. The number of hydrogen-bond acceptors (Lipinski definition) is 2. The van der Waals surface area contributed by atoms with E-state index in [4.69, 9.17) is 11.6 Å². The highest BCUT2D eigenvalue weighted by Gasteiger charge is 2.19. The van der Waals surface area contributed by atoms with Gasteiger partial charge in [0, 0.05) is 19.0 Å². The molecule has 0 N–H and O–H groups in total. The number of benzene rings is 1. The predicted octanol–water partition coefficient (Wildman–Crippen LogP) is 2.22. The lowest BCUT2D eigenvalue weighted by Gasteiger charge is -2.19. The number of rotatable bonds is 6. The summed E-state index contributed by atoms with van der Waals surface area (Å²) < 4.78 is 37.9. The molecule has 0 saturated carbocycles. The molecular weight excluding hydrogens is 265 g/mol. The lowest BCUT2D eigenvalue weighted by molar-refractivity contribution is 0.423. The first-order chi connectivity index (χ1) is 7.99. The largest absolute Gasteiger partial charge is 0.215 e. The van der Waals surface area contributed by atoms with Crippen molar-refractivity contribution in [3.05, 3.63) is 35.6 Å². The van der Waals surface area contributed by atoms with Gasteiger partial charge in [0.2, 0.25) is 10.0 Å². The normalized spacial score (nSPS) is 12.0. The summed E-state index contributed by atoms with van der Waals surface area (Å²) >= 11 is 5.45. The molecule has 96 valence electrons. The van der Waals surface area contributed by atoms with Crippen molar-refractivity contribution in [2.75, 3.05) is 18.2 Å². The average Bonchev–Trinajstić information content (AvgIpc) is 2.25. The molecule has 0 amide bonds. The first kappa shape index (κ1) is 14.4. The van der Waals surface area contributed by atoms with Gasteiger partial charge in [0.15, 0.2) is 0 Å². The van der Waals surface area contributed by atoms with E-state index in [9.17, 15) is 12.8 Å². The Morgan fingerprint density at radius 1 is 1.41 bits per heavy atom. The fraction of sp³-hybridized carbons (Fsp3) is 0.455. The second-order valence-electron chi connectivity index (χ2n) is 3.56. The molecule has 0 bridgehead atoms. The van der Waals surface area contributed by atoms with Gasteiger partial charge in [-0.2, -0.15) is 4.31 Å². The summed E-state index contributed by atoms with van der Waals surface area (Å²) in [4.78, 5) is 0. The SMILES string of the molecule is CCN(Cc1cccc(F)c1)S(=O)(=O)CCCl. The van der Waals surface area contributed by atoms with Gasteiger partial charge in [-0.05, 0) is 17.7 Å². The van der Waals surface area contributed by atoms with Crippen LogP contribution in [0.3, 0.4) is 0 Å². The Hall–Kier alpha value is -0.650. The Balaban J connectivity index is 2.84. The van der Waals surface area contributed by atoms with E-state index in [1.54, 1.807) is 19.1 Å². The average molecular weight is 280 g/mol. The minimum atomic E-state index is -3.35. The maximum absolute atomic E-state index is 13.0. The molecule has 1 rings (SSSR count). The van der Waals surface area contributed by atoms with E-state index in [0.717, 1.165) is 0 Å². The van der Waals surface area contributed by atoms with Crippen LogP contribution in [0.1, 0.15) is 12.5 Å². The molecule has 0 heterocycles. The molecule has 0 aliphatic heterocycles. The summed E-state index contributed by atoms with van der Waals surface area (Å²) in [6.07, 6.45) is 0. The van der Waals surface area contributed by atoms with Gasteiger partial charge in [0.25, 0.3) is 0 Å². The van der Waals surface area contributed by atoms with Gasteiger partial charge >= 0.3 is 0 Å². The molecule has 1 aromatic carbocycles. The van der Waals surface area contributed by atoms with Gasteiger partial charge in [-0.15, -0.1) is 11.6 Å². The van der Waals surface area contributed by atoms with Crippen LogP contribution in [-0.2, 0) is 16.6 Å². The van der Waals surface area contributed by atoms with Gasteiger partial charge in [-0.1, -0.05) is 19.1 Å². The molecule has 3 nitrogen and oxygen atoms in total. The number of halogens is 2. The van der Waals surface area contributed by atoms with Crippen LogP contribution >= 0.6 is 11.6 Å². The zero-order valence-corrected chi connectivity index (χ0v) is 11.1. The van der Waals surface area contributed by atoms with Crippen LogP contribution in [0, 0.1) is 5.82 Å². The zero-order valence-electron chi connectivity index (χ0n) is 9.57. The van der Waals surface area contributed by atoms with Crippen LogP contribution in [0.4, 0.5) is 4.39 Å². The summed E-state index contributed by atoms with van der Waals surface area (Å²) in [6, 6.07) is 5.92. The lowest BCUT2D eigenvalue weighted by atomic mass is 10.2. The molecule has 6 heteroatoms. The summed E-state index contributed by atoms with van der Waals surface area (Å²) in [5.41, 5.74) is 0.630. The Labute approximate surface area is 106 Å².